The van der Waals surface area contributed by atoms with E-state index in [4.69, 9.17) is 23.2 Å². The van der Waals surface area contributed by atoms with E-state index in [-0.39, 0.29) is 0 Å². The number of guanidine groups is 1. The molecule has 0 aliphatic rings. The van der Waals surface area contributed by atoms with Gasteiger partial charge in [-0.2, -0.15) is 0 Å². The van der Waals surface area contributed by atoms with Gasteiger partial charge in [0.2, 0.25) is 0 Å². The van der Waals surface area contributed by atoms with Crippen LogP contribution in [0, 0.1) is 0 Å². The van der Waals surface area contributed by atoms with Gasteiger partial charge >= 0.3 is 0 Å². The number of halogens is 2. The van der Waals surface area contributed by atoms with E-state index in [1.807, 2.05) is 43.3 Å². The molecule has 0 saturated carbocycles. The molecule has 5 nitrogen and oxygen atoms in total. The molecule has 0 radical (unpaired) electrons. The number of nitrogens with one attached hydrogen (secondary N) is 2. The predicted octanol–water partition coefficient (Wildman–Crippen LogP) is 3.32. The number of anilines is 1. The smallest absolute Gasteiger partial charge is 0.191 e. The van der Waals surface area contributed by atoms with Gasteiger partial charge in [-0.1, -0.05) is 29.3 Å². The molecule has 0 fully saturated rings. The Morgan fingerprint density at radius 1 is 1.12 bits per heavy atom. The van der Waals surface area contributed by atoms with Gasteiger partial charge in [-0.05, 0) is 35.4 Å². The zero-order valence-corrected chi connectivity index (χ0v) is 15.5. The van der Waals surface area contributed by atoms with Gasteiger partial charge in [0, 0.05) is 50.5 Å². The van der Waals surface area contributed by atoms with E-state index < -0.39 is 0 Å². The number of aliphatic imine (C=N–C) groups is 1. The third-order valence-electron chi connectivity index (χ3n) is 3.41. The standard InChI is InChI=1S/C17H21Cl2N5/c1-20-17(23-11-13-4-5-14(18)9-15(13)19)22-10-12-6-7-21-16(8-12)24(2)3/h4-9H,10-11H2,1-3H3,(H2,20,22,23). The Morgan fingerprint density at radius 3 is 2.54 bits per heavy atom. The molecule has 1 heterocycles. The van der Waals surface area contributed by atoms with Gasteiger partial charge in [0.25, 0.3) is 0 Å². The van der Waals surface area contributed by atoms with E-state index >= 15 is 0 Å². The van der Waals surface area contributed by atoms with Crippen molar-refractivity contribution in [1.82, 2.24) is 15.6 Å². The Morgan fingerprint density at radius 2 is 1.88 bits per heavy atom. The summed E-state index contributed by atoms with van der Waals surface area (Å²) in [6.07, 6.45) is 1.80. The topological polar surface area (TPSA) is 52.6 Å². The fourth-order valence-corrected chi connectivity index (χ4v) is 2.54. The number of aromatic nitrogens is 1. The normalized spacial score (nSPS) is 11.3. The Labute approximate surface area is 152 Å². The second-order valence-electron chi connectivity index (χ2n) is 5.43. The summed E-state index contributed by atoms with van der Waals surface area (Å²) in [5.74, 6) is 1.62. The van der Waals surface area contributed by atoms with E-state index in [9.17, 15) is 0 Å². The van der Waals surface area contributed by atoms with Crippen LogP contribution in [-0.2, 0) is 13.1 Å². The number of rotatable bonds is 5. The number of pyridine rings is 1. The van der Waals surface area contributed by atoms with E-state index in [0.29, 0.717) is 29.1 Å². The second kappa shape index (κ2) is 8.76. The summed E-state index contributed by atoms with van der Waals surface area (Å²) in [4.78, 5) is 10.5. The van der Waals surface area contributed by atoms with E-state index in [0.717, 1.165) is 16.9 Å². The average molecular weight is 366 g/mol. The molecular formula is C17H21Cl2N5. The molecule has 0 atom stereocenters. The largest absolute Gasteiger partial charge is 0.363 e. The molecule has 0 spiro atoms. The van der Waals surface area contributed by atoms with Crippen LogP contribution < -0.4 is 15.5 Å². The lowest BCUT2D eigenvalue weighted by Gasteiger charge is -2.15. The van der Waals surface area contributed by atoms with E-state index in [1.165, 1.54) is 0 Å². The molecular weight excluding hydrogens is 345 g/mol. The highest BCUT2D eigenvalue weighted by molar-refractivity contribution is 6.35. The maximum Gasteiger partial charge on any atom is 0.191 e. The Kier molecular flexibility index (Phi) is 6.70. The summed E-state index contributed by atoms with van der Waals surface area (Å²) in [5, 5.41) is 7.78. The maximum atomic E-state index is 6.18. The van der Waals surface area contributed by atoms with Gasteiger partial charge in [-0.15, -0.1) is 0 Å². The summed E-state index contributed by atoms with van der Waals surface area (Å²) < 4.78 is 0. The van der Waals surface area contributed by atoms with Crippen LogP contribution in [-0.4, -0.2) is 32.1 Å². The third-order valence-corrected chi connectivity index (χ3v) is 4.00. The average Bonchev–Trinajstić information content (AvgIpc) is 2.56. The molecule has 0 saturated heterocycles. The van der Waals surface area contributed by atoms with Crippen molar-refractivity contribution in [3.63, 3.8) is 0 Å². The van der Waals surface area contributed by atoms with Crippen molar-refractivity contribution in [2.45, 2.75) is 13.1 Å². The first kappa shape index (κ1) is 18.4. The summed E-state index contributed by atoms with van der Waals surface area (Å²) in [6.45, 7) is 1.21. The summed E-state index contributed by atoms with van der Waals surface area (Å²) >= 11 is 12.1. The van der Waals surface area contributed by atoms with Gasteiger partial charge in [-0.3, -0.25) is 4.99 Å². The van der Waals surface area contributed by atoms with Crippen molar-refractivity contribution in [3.05, 3.63) is 57.7 Å². The van der Waals surface area contributed by atoms with Crippen LogP contribution in [0.15, 0.2) is 41.5 Å². The molecule has 0 aliphatic carbocycles. The zero-order chi connectivity index (χ0) is 17.5. The summed E-state index contributed by atoms with van der Waals surface area (Å²) in [5.41, 5.74) is 2.09. The van der Waals surface area contributed by atoms with Crippen LogP contribution in [0.3, 0.4) is 0 Å². The summed E-state index contributed by atoms with van der Waals surface area (Å²) in [7, 11) is 5.67. The van der Waals surface area contributed by atoms with Crippen LogP contribution in [0.1, 0.15) is 11.1 Å². The molecule has 128 valence electrons. The quantitative estimate of drug-likeness (QED) is 0.630. The monoisotopic (exact) mass is 365 g/mol. The van der Waals surface area contributed by atoms with E-state index in [2.05, 4.69) is 20.6 Å². The minimum absolute atomic E-state index is 0.564. The van der Waals surface area contributed by atoms with Crippen molar-refractivity contribution in [2.75, 3.05) is 26.0 Å². The van der Waals surface area contributed by atoms with Crippen LogP contribution >= 0.6 is 23.2 Å². The van der Waals surface area contributed by atoms with Crippen molar-refractivity contribution in [1.29, 1.82) is 0 Å². The highest BCUT2D eigenvalue weighted by atomic mass is 35.5. The first-order valence-electron chi connectivity index (χ1n) is 7.50. The van der Waals surface area contributed by atoms with Gasteiger partial charge in [0.05, 0.1) is 0 Å². The molecule has 1 aromatic carbocycles. The molecule has 2 aromatic rings. The molecule has 2 rings (SSSR count). The van der Waals surface area contributed by atoms with Crippen LogP contribution in [0.5, 0.6) is 0 Å². The maximum absolute atomic E-state index is 6.18. The van der Waals surface area contributed by atoms with Gasteiger partial charge in [0.1, 0.15) is 5.82 Å². The van der Waals surface area contributed by atoms with Crippen LogP contribution in [0.4, 0.5) is 5.82 Å². The molecule has 0 bridgehead atoms. The number of benzene rings is 1. The SMILES string of the molecule is CN=C(NCc1ccnc(N(C)C)c1)NCc1ccc(Cl)cc1Cl. The first-order chi connectivity index (χ1) is 11.5. The highest BCUT2D eigenvalue weighted by Crippen LogP contribution is 2.20. The Bertz CT molecular complexity index is 716. The lowest BCUT2D eigenvalue weighted by atomic mass is 10.2. The molecule has 0 aliphatic heterocycles. The van der Waals surface area contributed by atoms with Crippen molar-refractivity contribution in [2.24, 2.45) is 4.99 Å². The highest BCUT2D eigenvalue weighted by Gasteiger charge is 2.04. The van der Waals surface area contributed by atoms with Crippen molar-refractivity contribution >= 4 is 35.0 Å². The number of nitrogens with zero attached hydrogens (tertiary/aromatic N) is 3. The first-order valence-corrected chi connectivity index (χ1v) is 8.26. The lowest BCUT2D eigenvalue weighted by molar-refractivity contribution is 0.808. The molecule has 0 amide bonds. The van der Waals surface area contributed by atoms with Crippen molar-refractivity contribution in [3.8, 4) is 0 Å². The minimum atomic E-state index is 0.564. The van der Waals surface area contributed by atoms with Gasteiger partial charge in [0.15, 0.2) is 5.96 Å². The van der Waals surface area contributed by atoms with Gasteiger partial charge < -0.3 is 15.5 Å². The molecule has 2 N–H and O–H groups in total. The number of hydrogen-bond acceptors (Lipinski definition) is 3. The Hall–Kier alpha value is -1.98. The molecule has 24 heavy (non-hydrogen) atoms. The fraction of sp³-hybridized carbons (Fsp3) is 0.294. The van der Waals surface area contributed by atoms with Crippen molar-refractivity contribution < 1.29 is 0 Å². The Balaban J connectivity index is 1.92. The lowest BCUT2D eigenvalue weighted by Crippen LogP contribution is -2.36. The van der Waals surface area contributed by atoms with Crippen LogP contribution in [0.2, 0.25) is 10.0 Å². The molecule has 7 heteroatoms. The summed E-state index contributed by atoms with van der Waals surface area (Å²) in [6, 6.07) is 9.47. The predicted molar refractivity (Wildman–Crippen MR) is 102 cm³/mol. The molecule has 1 aromatic heterocycles. The zero-order valence-electron chi connectivity index (χ0n) is 14.0. The molecule has 0 unspecified atom stereocenters. The van der Waals surface area contributed by atoms with Gasteiger partial charge in [-0.25, -0.2) is 4.98 Å². The van der Waals surface area contributed by atoms with E-state index in [1.54, 1.807) is 19.3 Å². The van der Waals surface area contributed by atoms with Crippen LogP contribution in [0.25, 0.3) is 0 Å². The minimum Gasteiger partial charge on any atom is -0.363 e. The fourth-order valence-electron chi connectivity index (χ4n) is 2.07. The third kappa shape index (κ3) is 5.28. The number of hydrogen-bond donors (Lipinski definition) is 2. The second-order valence-corrected chi connectivity index (χ2v) is 6.28.